The van der Waals surface area contributed by atoms with Crippen molar-refractivity contribution in [2.24, 2.45) is 11.0 Å². The third kappa shape index (κ3) is 8.07. The van der Waals surface area contributed by atoms with Crippen molar-refractivity contribution >= 4 is 40.2 Å². The number of carbonyl (C=O) groups is 2. The monoisotopic (exact) mass is 504 g/mol. The van der Waals surface area contributed by atoms with Crippen LogP contribution in [-0.4, -0.2) is 48.4 Å². The number of ether oxygens (including phenoxy) is 1. The fraction of sp³-hybridized carbons (Fsp3) is 0.348. The molecular formula is C23H29BrN4O4. The van der Waals surface area contributed by atoms with Crippen LogP contribution in [0.1, 0.15) is 25.3 Å². The number of benzene rings is 2. The molecule has 4 N–H and O–H groups in total. The number of anilines is 1. The molecule has 3 rings (SSSR count). The third-order valence-electron chi connectivity index (χ3n) is 4.82. The number of halogens is 1. The minimum absolute atomic E-state index is 0. The molecule has 0 aliphatic carbocycles. The lowest BCUT2D eigenvalue weighted by atomic mass is 9.94. The molecule has 0 aromatic heterocycles. The lowest BCUT2D eigenvalue weighted by Gasteiger charge is -2.19. The van der Waals surface area contributed by atoms with Gasteiger partial charge in [0.1, 0.15) is 18.5 Å². The second-order valence-corrected chi connectivity index (χ2v) is 7.49. The first kappa shape index (κ1) is 25.5. The molecule has 2 aromatic carbocycles. The SMILES string of the molecule is Br.CC1CC(=O)NN=C1c1ccc(NC(=O)CCNCC(O)COc2ccccc2)cc1. The van der Waals surface area contributed by atoms with E-state index in [0.29, 0.717) is 30.9 Å². The van der Waals surface area contributed by atoms with E-state index < -0.39 is 6.10 Å². The van der Waals surface area contributed by atoms with Crippen molar-refractivity contribution < 1.29 is 19.4 Å². The highest BCUT2D eigenvalue weighted by atomic mass is 79.9. The number of carbonyl (C=O) groups excluding carboxylic acids is 2. The number of amides is 2. The van der Waals surface area contributed by atoms with Gasteiger partial charge < -0.3 is 20.5 Å². The van der Waals surface area contributed by atoms with Crippen LogP contribution in [0.3, 0.4) is 0 Å². The van der Waals surface area contributed by atoms with Crippen LogP contribution >= 0.6 is 17.0 Å². The molecular weight excluding hydrogens is 476 g/mol. The van der Waals surface area contributed by atoms with Gasteiger partial charge >= 0.3 is 0 Å². The predicted molar refractivity (Wildman–Crippen MR) is 129 cm³/mol. The molecule has 2 aromatic rings. The minimum atomic E-state index is -0.661. The zero-order chi connectivity index (χ0) is 22.1. The topological polar surface area (TPSA) is 112 Å². The minimum Gasteiger partial charge on any atom is -0.491 e. The van der Waals surface area contributed by atoms with Gasteiger partial charge in [-0.1, -0.05) is 37.3 Å². The van der Waals surface area contributed by atoms with E-state index in [1.54, 1.807) is 0 Å². The Labute approximate surface area is 198 Å². The van der Waals surface area contributed by atoms with Crippen LogP contribution < -0.4 is 20.8 Å². The maximum Gasteiger partial charge on any atom is 0.240 e. The van der Waals surface area contributed by atoms with Gasteiger partial charge in [0.25, 0.3) is 0 Å². The van der Waals surface area contributed by atoms with E-state index in [0.717, 1.165) is 11.3 Å². The van der Waals surface area contributed by atoms with Crippen molar-refractivity contribution in [2.75, 3.05) is 25.0 Å². The highest BCUT2D eigenvalue weighted by Crippen LogP contribution is 2.18. The highest BCUT2D eigenvalue weighted by Gasteiger charge is 2.21. The van der Waals surface area contributed by atoms with Gasteiger partial charge in [-0.05, 0) is 29.8 Å². The van der Waals surface area contributed by atoms with Gasteiger partial charge in [0.2, 0.25) is 11.8 Å². The lowest BCUT2D eigenvalue weighted by molar-refractivity contribution is -0.122. The molecule has 32 heavy (non-hydrogen) atoms. The lowest BCUT2D eigenvalue weighted by Crippen LogP contribution is -2.33. The maximum absolute atomic E-state index is 12.1. The van der Waals surface area contributed by atoms with E-state index in [1.165, 1.54) is 0 Å². The van der Waals surface area contributed by atoms with E-state index in [-0.39, 0.29) is 47.7 Å². The summed E-state index contributed by atoms with van der Waals surface area (Å²) in [4.78, 5) is 23.5. The predicted octanol–water partition coefficient (Wildman–Crippen LogP) is 2.48. The highest BCUT2D eigenvalue weighted by molar-refractivity contribution is 8.93. The van der Waals surface area contributed by atoms with E-state index in [4.69, 9.17) is 4.74 Å². The number of hydrazone groups is 1. The molecule has 0 spiro atoms. The normalized spacial score (nSPS) is 16.2. The van der Waals surface area contributed by atoms with Gasteiger partial charge in [-0.3, -0.25) is 9.59 Å². The molecule has 2 unspecified atom stereocenters. The number of nitrogens with one attached hydrogen (secondary N) is 3. The molecule has 0 bridgehead atoms. The van der Waals surface area contributed by atoms with E-state index in [2.05, 4.69) is 21.2 Å². The summed E-state index contributed by atoms with van der Waals surface area (Å²) in [7, 11) is 0. The first-order valence-corrected chi connectivity index (χ1v) is 10.3. The van der Waals surface area contributed by atoms with Gasteiger partial charge in [-0.2, -0.15) is 5.10 Å². The molecule has 0 saturated heterocycles. The average Bonchev–Trinajstić information content (AvgIpc) is 2.77. The molecule has 2 atom stereocenters. The number of hydrogen-bond acceptors (Lipinski definition) is 6. The number of hydrogen-bond donors (Lipinski definition) is 4. The Hall–Kier alpha value is -2.75. The van der Waals surface area contributed by atoms with E-state index >= 15 is 0 Å². The van der Waals surface area contributed by atoms with Crippen molar-refractivity contribution in [3.05, 3.63) is 60.2 Å². The summed E-state index contributed by atoms with van der Waals surface area (Å²) in [6.45, 7) is 2.93. The fourth-order valence-electron chi connectivity index (χ4n) is 3.19. The first-order chi connectivity index (χ1) is 15.0. The summed E-state index contributed by atoms with van der Waals surface area (Å²) in [5.74, 6) is 0.561. The van der Waals surface area contributed by atoms with Crippen LogP contribution in [0.15, 0.2) is 59.7 Å². The molecule has 9 heteroatoms. The zero-order valence-corrected chi connectivity index (χ0v) is 19.6. The second kappa shape index (κ2) is 12.9. The first-order valence-electron chi connectivity index (χ1n) is 10.3. The van der Waals surface area contributed by atoms with Crippen molar-refractivity contribution in [3.63, 3.8) is 0 Å². The number of para-hydroxylation sites is 1. The molecule has 1 aliphatic rings. The molecule has 172 valence electrons. The standard InChI is InChI=1S/C23H28N4O4.BrH/c1-16-13-22(30)26-27-23(16)17-7-9-18(10-8-17)25-21(29)11-12-24-14-19(28)15-31-20-5-3-2-4-6-20;/h2-10,16,19,24,28H,11-15H2,1H3,(H,25,29)(H,26,30);1H. The van der Waals surface area contributed by atoms with Crippen molar-refractivity contribution in [2.45, 2.75) is 25.9 Å². The molecule has 0 radical (unpaired) electrons. The van der Waals surface area contributed by atoms with Crippen molar-refractivity contribution in [1.29, 1.82) is 0 Å². The van der Waals surface area contributed by atoms with Crippen LogP contribution in [0, 0.1) is 5.92 Å². The Balaban J connectivity index is 0.00000363. The molecule has 8 nitrogen and oxygen atoms in total. The van der Waals surface area contributed by atoms with Crippen LogP contribution in [0.25, 0.3) is 0 Å². The summed E-state index contributed by atoms with van der Waals surface area (Å²) >= 11 is 0. The summed E-state index contributed by atoms with van der Waals surface area (Å²) in [6.07, 6.45) is 0.0342. The molecule has 0 saturated carbocycles. The summed E-state index contributed by atoms with van der Waals surface area (Å²) in [5.41, 5.74) is 4.95. The Morgan fingerprint density at radius 1 is 1.22 bits per heavy atom. The smallest absolute Gasteiger partial charge is 0.240 e. The molecule has 0 fully saturated rings. The second-order valence-electron chi connectivity index (χ2n) is 7.49. The largest absolute Gasteiger partial charge is 0.491 e. The average molecular weight is 505 g/mol. The number of aliphatic hydroxyl groups excluding tert-OH is 1. The van der Waals surface area contributed by atoms with Crippen molar-refractivity contribution in [3.8, 4) is 5.75 Å². The van der Waals surface area contributed by atoms with Gasteiger partial charge in [0.15, 0.2) is 0 Å². The fourth-order valence-corrected chi connectivity index (χ4v) is 3.19. The number of rotatable bonds is 10. The Kier molecular flexibility index (Phi) is 10.3. The summed E-state index contributed by atoms with van der Waals surface area (Å²) in [5, 5.41) is 20.0. The van der Waals surface area contributed by atoms with Gasteiger partial charge in [-0.15, -0.1) is 17.0 Å². The van der Waals surface area contributed by atoms with Crippen LogP contribution in [0.5, 0.6) is 5.75 Å². The third-order valence-corrected chi connectivity index (χ3v) is 4.82. The van der Waals surface area contributed by atoms with Gasteiger partial charge in [-0.25, -0.2) is 5.43 Å². The summed E-state index contributed by atoms with van der Waals surface area (Å²) in [6, 6.07) is 16.7. The van der Waals surface area contributed by atoms with Gasteiger partial charge in [0, 0.05) is 37.5 Å². The van der Waals surface area contributed by atoms with Gasteiger partial charge in [0.05, 0.1) is 5.71 Å². The molecule has 2 amide bonds. The van der Waals surface area contributed by atoms with Crippen molar-refractivity contribution in [1.82, 2.24) is 10.7 Å². The Morgan fingerprint density at radius 2 is 1.94 bits per heavy atom. The maximum atomic E-state index is 12.1. The molecule has 1 aliphatic heterocycles. The quantitative estimate of drug-likeness (QED) is 0.371. The Morgan fingerprint density at radius 3 is 2.62 bits per heavy atom. The zero-order valence-electron chi connectivity index (χ0n) is 17.9. The van der Waals surface area contributed by atoms with Crippen LogP contribution in [0.4, 0.5) is 5.69 Å². The Bertz CT molecular complexity index is 906. The summed E-state index contributed by atoms with van der Waals surface area (Å²) < 4.78 is 5.49. The van der Waals surface area contributed by atoms with Crippen LogP contribution in [-0.2, 0) is 9.59 Å². The van der Waals surface area contributed by atoms with Crippen LogP contribution in [0.2, 0.25) is 0 Å². The van der Waals surface area contributed by atoms with E-state index in [1.807, 2.05) is 61.5 Å². The number of aliphatic hydroxyl groups is 1. The molecule has 1 heterocycles. The number of nitrogens with zero attached hydrogens (tertiary/aromatic N) is 1. The van der Waals surface area contributed by atoms with E-state index in [9.17, 15) is 14.7 Å².